The predicted octanol–water partition coefficient (Wildman–Crippen LogP) is 2.86. The van der Waals surface area contributed by atoms with Crippen molar-refractivity contribution in [2.45, 2.75) is 50.5 Å². The highest BCUT2D eigenvalue weighted by atomic mass is 16.5. The summed E-state index contributed by atoms with van der Waals surface area (Å²) in [5.74, 6) is 0.948. The number of hydrogen-bond donors (Lipinski definition) is 1. The van der Waals surface area contributed by atoms with E-state index in [1.54, 1.807) is 0 Å². The van der Waals surface area contributed by atoms with Crippen molar-refractivity contribution in [1.29, 1.82) is 0 Å². The van der Waals surface area contributed by atoms with E-state index in [0.29, 0.717) is 13.0 Å². The van der Waals surface area contributed by atoms with Gasteiger partial charge in [0.25, 0.3) is 0 Å². The summed E-state index contributed by atoms with van der Waals surface area (Å²) < 4.78 is 5.71. The second-order valence-electron chi connectivity index (χ2n) is 5.92. The quantitative estimate of drug-likeness (QED) is 0.849. The van der Waals surface area contributed by atoms with E-state index < -0.39 is 0 Å². The lowest BCUT2D eigenvalue weighted by Gasteiger charge is -2.24. The minimum atomic E-state index is -0.283. The van der Waals surface area contributed by atoms with Crippen LogP contribution in [0.4, 0.5) is 0 Å². The van der Waals surface area contributed by atoms with Gasteiger partial charge in [-0.15, -0.1) is 0 Å². The molecular formula is C16H21NO2. The molecule has 1 aromatic rings. The molecule has 1 saturated carbocycles. The molecule has 1 aliphatic heterocycles. The van der Waals surface area contributed by atoms with Crippen molar-refractivity contribution in [3.05, 3.63) is 29.3 Å². The molecule has 3 heteroatoms. The van der Waals surface area contributed by atoms with Gasteiger partial charge in [0, 0.05) is 12.0 Å². The molecule has 0 spiro atoms. The molecule has 0 saturated heterocycles. The van der Waals surface area contributed by atoms with Crippen LogP contribution < -0.4 is 10.5 Å². The van der Waals surface area contributed by atoms with Crippen molar-refractivity contribution >= 4 is 5.78 Å². The van der Waals surface area contributed by atoms with Crippen LogP contribution in [-0.4, -0.2) is 17.9 Å². The Kier molecular flexibility index (Phi) is 3.31. The minimum absolute atomic E-state index is 0.142. The molecule has 0 bridgehead atoms. The highest BCUT2D eigenvalue weighted by molar-refractivity contribution is 5.99. The van der Waals surface area contributed by atoms with Gasteiger partial charge in [-0.05, 0) is 37.3 Å². The van der Waals surface area contributed by atoms with Crippen LogP contribution in [0.5, 0.6) is 5.75 Å². The number of nitrogens with two attached hydrogens (primary N) is 1. The number of ether oxygens (including phenoxy) is 1. The normalized spacial score (nSPS) is 20.7. The summed E-state index contributed by atoms with van der Waals surface area (Å²) >= 11 is 0. The lowest BCUT2D eigenvalue weighted by molar-refractivity contribution is 0.0947. The van der Waals surface area contributed by atoms with Crippen LogP contribution in [0, 0.1) is 0 Å². The summed E-state index contributed by atoms with van der Waals surface area (Å²) in [7, 11) is 0. The zero-order valence-corrected chi connectivity index (χ0v) is 11.3. The first kappa shape index (κ1) is 12.7. The van der Waals surface area contributed by atoms with Crippen LogP contribution in [0.3, 0.4) is 0 Å². The molecule has 0 unspecified atom stereocenters. The number of ketones is 1. The molecule has 0 radical (unpaired) electrons. The molecule has 2 aliphatic rings. The predicted molar refractivity (Wildman–Crippen MR) is 74.6 cm³/mol. The number of carbonyl (C=O) groups excluding carboxylic acids is 1. The number of fused-ring (bicyclic) bond motifs is 1. The van der Waals surface area contributed by atoms with E-state index in [1.807, 2.05) is 12.1 Å². The summed E-state index contributed by atoms with van der Waals surface area (Å²) in [6, 6.07) is 5.89. The smallest absolute Gasteiger partial charge is 0.168 e. The van der Waals surface area contributed by atoms with Crippen LogP contribution in [0.1, 0.15) is 54.4 Å². The van der Waals surface area contributed by atoms with Gasteiger partial charge >= 0.3 is 0 Å². The highest BCUT2D eigenvalue weighted by Crippen LogP contribution is 2.34. The standard InChI is InChI=1S/C16H21NO2/c17-16(8-1-2-9-16)11-14(18)13-7-3-5-12-6-4-10-19-15(12)13/h3,5,7H,1-2,4,6,8-11,17H2. The summed E-state index contributed by atoms with van der Waals surface area (Å²) in [4.78, 5) is 12.5. The maximum absolute atomic E-state index is 12.5. The lowest BCUT2D eigenvalue weighted by Crippen LogP contribution is -2.38. The summed E-state index contributed by atoms with van der Waals surface area (Å²) in [5, 5.41) is 0. The van der Waals surface area contributed by atoms with Gasteiger partial charge in [0.2, 0.25) is 0 Å². The average Bonchev–Trinajstić information content (AvgIpc) is 2.84. The van der Waals surface area contributed by atoms with Crippen molar-refractivity contribution in [2.75, 3.05) is 6.61 Å². The highest BCUT2D eigenvalue weighted by Gasteiger charge is 2.33. The maximum atomic E-state index is 12.5. The molecule has 0 amide bonds. The Morgan fingerprint density at radius 1 is 1.26 bits per heavy atom. The van der Waals surface area contributed by atoms with E-state index >= 15 is 0 Å². The Hall–Kier alpha value is -1.35. The van der Waals surface area contributed by atoms with Gasteiger partial charge in [-0.3, -0.25) is 4.79 Å². The van der Waals surface area contributed by atoms with Crippen molar-refractivity contribution in [3.8, 4) is 5.75 Å². The largest absolute Gasteiger partial charge is 0.493 e. The van der Waals surface area contributed by atoms with Crippen LogP contribution in [-0.2, 0) is 6.42 Å². The first-order valence-corrected chi connectivity index (χ1v) is 7.25. The van der Waals surface area contributed by atoms with Crippen molar-refractivity contribution in [3.63, 3.8) is 0 Å². The fourth-order valence-corrected chi connectivity index (χ4v) is 3.28. The molecule has 19 heavy (non-hydrogen) atoms. The number of rotatable bonds is 3. The average molecular weight is 259 g/mol. The molecule has 3 nitrogen and oxygen atoms in total. The third-order valence-corrected chi connectivity index (χ3v) is 4.35. The lowest BCUT2D eigenvalue weighted by atomic mass is 9.88. The van der Waals surface area contributed by atoms with E-state index in [0.717, 1.165) is 55.4 Å². The SMILES string of the molecule is NC1(CC(=O)c2cccc3c2OCCC3)CCCC1. The Labute approximate surface area is 114 Å². The molecule has 1 fully saturated rings. The van der Waals surface area contributed by atoms with Crippen LogP contribution in [0.25, 0.3) is 0 Å². The van der Waals surface area contributed by atoms with Gasteiger partial charge in [-0.2, -0.15) is 0 Å². The third-order valence-electron chi connectivity index (χ3n) is 4.35. The molecule has 0 atom stereocenters. The number of aryl methyl sites for hydroxylation is 1. The van der Waals surface area contributed by atoms with E-state index in [9.17, 15) is 4.79 Å². The van der Waals surface area contributed by atoms with Gasteiger partial charge in [-0.1, -0.05) is 25.0 Å². The molecule has 1 aliphatic carbocycles. The molecule has 0 aromatic heterocycles. The van der Waals surface area contributed by atoms with Crippen LogP contribution >= 0.6 is 0 Å². The van der Waals surface area contributed by atoms with E-state index in [-0.39, 0.29) is 11.3 Å². The maximum Gasteiger partial charge on any atom is 0.168 e. The number of Topliss-reactive ketones (excluding diaryl/α,β-unsaturated/α-hetero) is 1. The zero-order valence-electron chi connectivity index (χ0n) is 11.3. The number of para-hydroxylation sites is 1. The fraction of sp³-hybridized carbons (Fsp3) is 0.562. The monoisotopic (exact) mass is 259 g/mol. The molecule has 102 valence electrons. The Balaban J connectivity index is 1.83. The second-order valence-corrected chi connectivity index (χ2v) is 5.92. The fourth-order valence-electron chi connectivity index (χ4n) is 3.28. The molecule has 3 rings (SSSR count). The Bertz CT molecular complexity index is 490. The second kappa shape index (κ2) is 4.97. The number of carbonyl (C=O) groups is 1. The summed E-state index contributed by atoms with van der Waals surface area (Å²) in [6.07, 6.45) is 6.71. The van der Waals surface area contributed by atoms with E-state index in [1.165, 1.54) is 0 Å². The van der Waals surface area contributed by atoms with Crippen molar-refractivity contribution < 1.29 is 9.53 Å². The van der Waals surface area contributed by atoms with Crippen molar-refractivity contribution in [1.82, 2.24) is 0 Å². The molecular weight excluding hydrogens is 238 g/mol. The molecule has 1 heterocycles. The first-order valence-electron chi connectivity index (χ1n) is 7.25. The van der Waals surface area contributed by atoms with Crippen LogP contribution in [0.15, 0.2) is 18.2 Å². The topological polar surface area (TPSA) is 52.3 Å². The molecule has 2 N–H and O–H groups in total. The van der Waals surface area contributed by atoms with E-state index in [4.69, 9.17) is 10.5 Å². The van der Waals surface area contributed by atoms with Gasteiger partial charge in [0.15, 0.2) is 5.78 Å². The number of hydrogen-bond acceptors (Lipinski definition) is 3. The minimum Gasteiger partial charge on any atom is -0.493 e. The van der Waals surface area contributed by atoms with Gasteiger partial charge < -0.3 is 10.5 Å². The summed E-state index contributed by atoms with van der Waals surface area (Å²) in [6.45, 7) is 0.713. The molecule has 1 aromatic carbocycles. The van der Waals surface area contributed by atoms with E-state index in [2.05, 4.69) is 6.07 Å². The summed E-state index contributed by atoms with van der Waals surface area (Å²) in [5.41, 5.74) is 7.92. The Morgan fingerprint density at radius 2 is 2.05 bits per heavy atom. The van der Waals surface area contributed by atoms with Crippen LogP contribution in [0.2, 0.25) is 0 Å². The van der Waals surface area contributed by atoms with Gasteiger partial charge in [0.1, 0.15) is 5.75 Å². The first-order chi connectivity index (χ1) is 9.18. The zero-order chi connectivity index (χ0) is 13.3. The number of benzene rings is 1. The Morgan fingerprint density at radius 3 is 2.84 bits per heavy atom. The van der Waals surface area contributed by atoms with Gasteiger partial charge in [0.05, 0.1) is 12.2 Å². The third kappa shape index (κ3) is 2.52. The van der Waals surface area contributed by atoms with Gasteiger partial charge in [-0.25, -0.2) is 0 Å². The van der Waals surface area contributed by atoms with Crippen molar-refractivity contribution in [2.24, 2.45) is 5.73 Å².